The zero-order valence-electron chi connectivity index (χ0n) is 10.6. The Hall–Kier alpha value is -1.14. The lowest BCUT2D eigenvalue weighted by molar-refractivity contribution is -0.138. The van der Waals surface area contributed by atoms with E-state index in [1.165, 1.54) is 0 Å². The SMILES string of the molecule is CN(C)CC(=O)N(CC(N)=O)C1CCCNC1. The Morgan fingerprint density at radius 3 is 2.53 bits per heavy atom. The summed E-state index contributed by atoms with van der Waals surface area (Å²) in [7, 11) is 3.67. The van der Waals surface area contributed by atoms with Crippen LogP contribution in [0, 0.1) is 0 Å². The van der Waals surface area contributed by atoms with E-state index in [9.17, 15) is 9.59 Å². The van der Waals surface area contributed by atoms with Crippen LogP contribution in [0.1, 0.15) is 12.8 Å². The van der Waals surface area contributed by atoms with E-state index in [0.717, 1.165) is 25.9 Å². The molecule has 0 radical (unpaired) electrons. The summed E-state index contributed by atoms with van der Waals surface area (Å²) in [6.45, 7) is 2.04. The molecule has 17 heavy (non-hydrogen) atoms. The fourth-order valence-electron chi connectivity index (χ4n) is 2.05. The predicted molar refractivity (Wildman–Crippen MR) is 65.4 cm³/mol. The lowest BCUT2D eigenvalue weighted by Crippen LogP contribution is -2.53. The number of rotatable bonds is 5. The second-order valence-electron chi connectivity index (χ2n) is 4.73. The van der Waals surface area contributed by atoms with E-state index in [4.69, 9.17) is 5.73 Å². The normalized spacial score (nSPS) is 20.3. The van der Waals surface area contributed by atoms with Gasteiger partial charge in [0, 0.05) is 12.6 Å². The standard InChI is InChI=1S/C11H22N4O2/c1-14(2)8-11(17)15(7-10(12)16)9-4-3-5-13-6-9/h9,13H,3-8H2,1-2H3,(H2,12,16). The first-order chi connectivity index (χ1) is 8.00. The molecule has 1 rings (SSSR count). The fourth-order valence-corrected chi connectivity index (χ4v) is 2.05. The minimum Gasteiger partial charge on any atom is -0.368 e. The van der Waals surface area contributed by atoms with E-state index in [1.807, 2.05) is 14.1 Å². The maximum Gasteiger partial charge on any atom is 0.237 e. The number of primary amides is 1. The highest BCUT2D eigenvalue weighted by molar-refractivity contribution is 5.85. The molecule has 2 amide bonds. The summed E-state index contributed by atoms with van der Waals surface area (Å²) in [5, 5.41) is 3.24. The molecule has 0 aliphatic carbocycles. The molecule has 1 fully saturated rings. The van der Waals surface area contributed by atoms with Crippen molar-refractivity contribution in [3.8, 4) is 0 Å². The predicted octanol–water partition coefficient (Wildman–Crippen LogP) is -1.39. The van der Waals surface area contributed by atoms with Gasteiger partial charge in [-0.15, -0.1) is 0 Å². The van der Waals surface area contributed by atoms with E-state index in [1.54, 1.807) is 9.80 Å². The van der Waals surface area contributed by atoms with Gasteiger partial charge in [-0.25, -0.2) is 0 Å². The van der Waals surface area contributed by atoms with Gasteiger partial charge in [0.2, 0.25) is 11.8 Å². The van der Waals surface area contributed by atoms with Crippen molar-refractivity contribution in [2.24, 2.45) is 5.73 Å². The Morgan fingerprint density at radius 2 is 2.06 bits per heavy atom. The molecule has 1 saturated heterocycles. The first-order valence-electron chi connectivity index (χ1n) is 5.94. The van der Waals surface area contributed by atoms with Gasteiger partial charge in [-0.1, -0.05) is 0 Å². The lowest BCUT2D eigenvalue weighted by atomic mass is 10.1. The number of hydrogen-bond acceptors (Lipinski definition) is 4. The average molecular weight is 242 g/mol. The van der Waals surface area contributed by atoms with Crippen molar-refractivity contribution in [2.75, 3.05) is 40.3 Å². The molecule has 1 heterocycles. The van der Waals surface area contributed by atoms with Crippen LogP contribution < -0.4 is 11.1 Å². The summed E-state index contributed by atoms with van der Waals surface area (Å²) >= 11 is 0. The molecule has 0 spiro atoms. The van der Waals surface area contributed by atoms with Crippen LogP contribution in [0.3, 0.4) is 0 Å². The Labute approximate surface area is 102 Å². The van der Waals surface area contributed by atoms with E-state index in [0.29, 0.717) is 6.54 Å². The molecule has 0 aromatic rings. The molecule has 6 heteroatoms. The monoisotopic (exact) mass is 242 g/mol. The number of nitrogens with two attached hydrogens (primary N) is 1. The van der Waals surface area contributed by atoms with E-state index in [2.05, 4.69) is 5.32 Å². The third-order valence-electron chi connectivity index (χ3n) is 2.81. The lowest BCUT2D eigenvalue weighted by Gasteiger charge is -2.34. The summed E-state index contributed by atoms with van der Waals surface area (Å²) in [5.41, 5.74) is 5.20. The van der Waals surface area contributed by atoms with Crippen LogP contribution in [0.4, 0.5) is 0 Å². The van der Waals surface area contributed by atoms with E-state index in [-0.39, 0.29) is 18.5 Å². The van der Waals surface area contributed by atoms with Crippen LogP contribution in [0.15, 0.2) is 0 Å². The third kappa shape index (κ3) is 4.70. The largest absolute Gasteiger partial charge is 0.368 e. The van der Waals surface area contributed by atoms with Crippen LogP contribution in [-0.4, -0.2) is 67.9 Å². The molecule has 0 aromatic heterocycles. The summed E-state index contributed by atoms with van der Waals surface area (Å²) in [4.78, 5) is 26.5. The van der Waals surface area contributed by atoms with Gasteiger partial charge in [-0.2, -0.15) is 0 Å². The van der Waals surface area contributed by atoms with Crippen LogP contribution in [0.5, 0.6) is 0 Å². The highest BCUT2D eigenvalue weighted by Gasteiger charge is 2.26. The van der Waals surface area contributed by atoms with Crippen LogP contribution >= 0.6 is 0 Å². The van der Waals surface area contributed by atoms with Gasteiger partial charge in [0.05, 0.1) is 13.1 Å². The molecule has 1 unspecified atom stereocenters. The van der Waals surface area contributed by atoms with Gasteiger partial charge in [0.25, 0.3) is 0 Å². The van der Waals surface area contributed by atoms with E-state index < -0.39 is 5.91 Å². The Balaban J connectivity index is 2.64. The number of piperidine rings is 1. The molecule has 98 valence electrons. The van der Waals surface area contributed by atoms with Crippen molar-refractivity contribution in [1.29, 1.82) is 0 Å². The zero-order chi connectivity index (χ0) is 12.8. The molecule has 0 aromatic carbocycles. The van der Waals surface area contributed by atoms with Crippen molar-refractivity contribution in [3.63, 3.8) is 0 Å². The maximum absolute atomic E-state index is 12.0. The molecule has 0 bridgehead atoms. The second kappa shape index (κ2) is 6.56. The third-order valence-corrected chi connectivity index (χ3v) is 2.81. The molecule has 1 aliphatic heterocycles. The fraction of sp³-hybridized carbons (Fsp3) is 0.818. The first-order valence-corrected chi connectivity index (χ1v) is 5.94. The number of nitrogens with one attached hydrogen (secondary N) is 1. The van der Waals surface area contributed by atoms with Gasteiger partial charge >= 0.3 is 0 Å². The number of amides is 2. The van der Waals surface area contributed by atoms with Crippen molar-refractivity contribution in [1.82, 2.24) is 15.1 Å². The molecule has 1 atom stereocenters. The number of nitrogens with zero attached hydrogens (tertiary/aromatic N) is 2. The van der Waals surface area contributed by atoms with Gasteiger partial charge in [-0.05, 0) is 33.5 Å². The molecule has 0 saturated carbocycles. The summed E-state index contributed by atoms with van der Waals surface area (Å²) < 4.78 is 0. The first kappa shape index (κ1) is 13.9. The van der Waals surface area contributed by atoms with Crippen LogP contribution in [-0.2, 0) is 9.59 Å². The summed E-state index contributed by atoms with van der Waals surface area (Å²) in [5.74, 6) is -0.495. The number of likely N-dealkylation sites (N-methyl/N-ethyl adjacent to an activating group) is 1. The van der Waals surface area contributed by atoms with Crippen molar-refractivity contribution in [2.45, 2.75) is 18.9 Å². The highest BCUT2D eigenvalue weighted by atomic mass is 16.2. The smallest absolute Gasteiger partial charge is 0.237 e. The van der Waals surface area contributed by atoms with Crippen molar-refractivity contribution >= 4 is 11.8 Å². The molecule has 6 nitrogen and oxygen atoms in total. The minimum atomic E-state index is -0.456. The summed E-state index contributed by atoms with van der Waals surface area (Å²) in [6.07, 6.45) is 1.95. The zero-order valence-corrected chi connectivity index (χ0v) is 10.6. The Morgan fingerprint density at radius 1 is 1.35 bits per heavy atom. The maximum atomic E-state index is 12.0. The van der Waals surface area contributed by atoms with Gasteiger partial charge < -0.3 is 20.9 Å². The number of carbonyl (C=O) groups is 2. The minimum absolute atomic E-state index is 0.0129. The second-order valence-corrected chi connectivity index (χ2v) is 4.73. The highest BCUT2D eigenvalue weighted by Crippen LogP contribution is 2.10. The van der Waals surface area contributed by atoms with Crippen LogP contribution in [0.25, 0.3) is 0 Å². The molecule has 1 aliphatic rings. The van der Waals surface area contributed by atoms with Crippen molar-refractivity contribution in [3.05, 3.63) is 0 Å². The average Bonchev–Trinajstić information content (AvgIpc) is 2.25. The van der Waals surface area contributed by atoms with Crippen LogP contribution in [0.2, 0.25) is 0 Å². The Kier molecular flexibility index (Phi) is 5.37. The number of hydrogen-bond donors (Lipinski definition) is 2. The summed E-state index contributed by atoms with van der Waals surface area (Å²) in [6, 6.07) is 0.0868. The molecular formula is C11H22N4O2. The molecular weight excluding hydrogens is 220 g/mol. The quantitative estimate of drug-likeness (QED) is 0.622. The molecule has 3 N–H and O–H groups in total. The van der Waals surface area contributed by atoms with Crippen molar-refractivity contribution < 1.29 is 9.59 Å². The number of carbonyl (C=O) groups excluding carboxylic acids is 2. The van der Waals surface area contributed by atoms with E-state index >= 15 is 0 Å². The van der Waals surface area contributed by atoms with Gasteiger partial charge in [0.15, 0.2) is 0 Å². The van der Waals surface area contributed by atoms with Gasteiger partial charge in [0.1, 0.15) is 0 Å². The van der Waals surface area contributed by atoms with Gasteiger partial charge in [-0.3, -0.25) is 9.59 Å². The topological polar surface area (TPSA) is 78.7 Å². The Bertz CT molecular complexity index is 275.